The van der Waals surface area contributed by atoms with Crippen LogP contribution in [-0.4, -0.2) is 36.7 Å². The second-order valence-corrected chi connectivity index (χ2v) is 4.13. The van der Waals surface area contributed by atoms with Crippen molar-refractivity contribution < 1.29 is 19.4 Å². The lowest BCUT2D eigenvalue weighted by Crippen LogP contribution is -2.41. The van der Waals surface area contributed by atoms with E-state index in [1.807, 2.05) is 0 Å². The summed E-state index contributed by atoms with van der Waals surface area (Å²) in [6.07, 6.45) is -0.995. The zero-order chi connectivity index (χ0) is 13.8. The molecule has 1 aliphatic rings. The highest BCUT2D eigenvalue weighted by Gasteiger charge is 2.39. The fourth-order valence-corrected chi connectivity index (χ4v) is 1.79. The maximum absolute atomic E-state index is 11.7. The first kappa shape index (κ1) is 13.2. The van der Waals surface area contributed by atoms with E-state index in [9.17, 15) is 14.7 Å². The smallest absolute Gasteiger partial charge is 0.253 e. The van der Waals surface area contributed by atoms with E-state index < -0.39 is 23.8 Å². The van der Waals surface area contributed by atoms with Crippen molar-refractivity contribution in [3.05, 3.63) is 24.3 Å². The van der Waals surface area contributed by atoms with Crippen molar-refractivity contribution in [2.75, 3.05) is 19.1 Å². The Hall–Kier alpha value is -2.28. The van der Waals surface area contributed by atoms with Gasteiger partial charge in [-0.1, -0.05) is 0 Å². The second kappa shape index (κ2) is 5.57. The number of nitrogens with one attached hydrogen (secondary N) is 3. The quantitative estimate of drug-likeness (QED) is 0.424. The van der Waals surface area contributed by atoms with Crippen molar-refractivity contribution in [1.29, 1.82) is 0 Å². The molecule has 1 fully saturated rings. The zero-order valence-corrected chi connectivity index (χ0v) is 10.3. The maximum atomic E-state index is 11.7. The minimum Gasteiger partial charge on any atom is -0.497 e. The first-order chi connectivity index (χ1) is 9.11. The Bertz CT molecular complexity index is 474. The van der Waals surface area contributed by atoms with Crippen LogP contribution in [0.25, 0.3) is 0 Å². The number of hydrogen-bond acceptors (Lipinski definition) is 5. The molecule has 0 saturated carbocycles. The predicted molar refractivity (Wildman–Crippen MR) is 67.3 cm³/mol. The third-order valence-corrected chi connectivity index (χ3v) is 2.86. The summed E-state index contributed by atoms with van der Waals surface area (Å²) in [6.45, 7) is 0.0967. The lowest BCUT2D eigenvalue weighted by atomic mass is 10.1. The zero-order valence-electron chi connectivity index (χ0n) is 10.3. The molecule has 1 saturated heterocycles. The Morgan fingerprint density at radius 2 is 2.11 bits per heavy atom. The van der Waals surface area contributed by atoms with Gasteiger partial charge in [-0.05, 0) is 24.3 Å². The summed E-state index contributed by atoms with van der Waals surface area (Å²) in [5.41, 5.74) is 5.70. The second-order valence-electron chi connectivity index (χ2n) is 4.13. The standard InChI is InChI=1S/C12H15N3O4/c1-19-8-4-2-7(3-5-8)14-15-12(18)10-9(16)6-13-11(10)17/h2-5,9-10,14,16H,6H2,1H3,(H,13,17)(H,15,18). The van der Waals surface area contributed by atoms with Crippen molar-refractivity contribution in [3.63, 3.8) is 0 Å². The van der Waals surface area contributed by atoms with Crippen LogP contribution in [0.15, 0.2) is 24.3 Å². The minimum atomic E-state index is -1.08. The summed E-state index contributed by atoms with van der Waals surface area (Å²) in [5.74, 6) is -1.42. The lowest BCUT2D eigenvalue weighted by molar-refractivity contribution is -0.135. The van der Waals surface area contributed by atoms with Crippen LogP contribution in [0.1, 0.15) is 0 Å². The molecule has 102 valence electrons. The third kappa shape index (κ3) is 2.94. The summed E-state index contributed by atoms with van der Waals surface area (Å²) in [5, 5.41) is 11.9. The molecule has 1 heterocycles. The number of rotatable bonds is 4. The van der Waals surface area contributed by atoms with E-state index in [1.165, 1.54) is 0 Å². The SMILES string of the molecule is COc1ccc(NNC(=O)C2C(=O)NCC2O)cc1. The highest BCUT2D eigenvalue weighted by Crippen LogP contribution is 2.15. The van der Waals surface area contributed by atoms with Crippen LogP contribution in [0, 0.1) is 5.92 Å². The molecule has 1 aliphatic heterocycles. The maximum Gasteiger partial charge on any atom is 0.253 e. The van der Waals surface area contributed by atoms with Crippen LogP contribution in [-0.2, 0) is 9.59 Å². The summed E-state index contributed by atoms with van der Waals surface area (Å²) in [6, 6.07) is 6.88. The van der Waals surface area contributed by atoms with E-state index in [0.717, 1.165) is 0 Å². The highest BCUT2D eigenvalue weighted by molar-refractivity contribution is 6.02. The number of hydrazine groups is 1. The van der Waals surface area contributed by atoms with Crippen molar-refractivity contribution in [1.82, 2.24) is 10.7 Å². The summed E-state index contributed by atoms with van der Waals surface area (Å²) in [7, 11) is 1.56. The number of aliphatic hydroxyl groups is 1. The molecule has 0 bridgehead atoms. The number of amides is 2. The van der Waals surface area contributed by atoms with Gasteiger partial charge in [0.15, 0.2) is 0 Å². The number of ether oxygens (including phenoxy) is 1. The largest absolute Gasteiger partial charge is 0.497 e. The van der Waals surface area contributed by atoms with Gasteiger partial charge in [-0.25, -0.2) is 0 Å². The van der Waals surface area contributed by atoms with E-state index in [0.29, 0.717) is 11.4 Å². The number of carbonyl (C=O) groups excluding carboxylic acids is 2. The number of β-amino-alcohol motifs (C(OH)–C–C–N with tert-alkyl or cyclic N) is 1. The van der Waals surface area contributed by atoms with E-state index in [1.54, 1.807) is 31.4 Å². The van der Waals surface area contributed by atoms with Gasteiger partial charge in [-0.2, -0.15) is 0 Å². The number of aliphatic hydroxyl groups excluding tert-OH is 1. The average Bonchev–Trinajstić information content (AvgIpc) is 2.76. The number of methoxy groups -OCH3 is 1. The Labute approximate surface area is 109 Å². The Morgan fingerprint density at radius 1 is 1.42 bits per heavy atom. The molecule has 1 aromatic rings. The Balaban J connectivity index is 1.90. The first-order valence-electron chi connectivity index (χ1n) is 5.77. The molecule has 4 N–H and O–H groups in total. The number of benzene rings is 1. The van der Waals surface area contributed by atoms with E-state index in [-0.39, 0.29) is 6.54 Å². The van der Waals surface area contributed by atoms with Gasteiger partial charge in [0.25, 0.3) is 5.91 Å². The molecule has 2 rings (SSSR count). The van der Waals surface area contributed by atoms with Crippen molar-refractivity contribution >= 4 is 17.5 Å². The summed E-state index contributed by atoms with van der Waals surface area (Å²) in [4.78, 5) is 23.1. The fraction of sp³-hybridized carbons (Fsp3) is 0.333. The highest BCUT2D eigenvalue weighted by atomic mass is 16.5. The first-order valence-corrected chi connectivity index (χ1v) is 5.77. The third-order valence-electron chi connectivity index (χ3n) is 2.86. The molecule has 1 aromatic carbocycles. The molecule has 0 aromatic heterocycles. The predicted octanol–water partition coefficient (Wildman–Crippen LogP) is -0.755. The van der Waals surface area contributed by atoms with Crippen LogP contribution in [0.4, 0.5) is 5.69 Å². The van der Waals surface area contributed by atoms with Crippen LogP contribution in [0.3, 0.4) is 0 Å². The summed E-state index contributed by atoms with van der Waals surface area (Å²) >= 11 is 0. The van der Waals surface area contributed by atoms with E-state index in [4.69, 9.17) is 4.74 Å². The van der Waals surface area contributed by atoms with Crippen LogP contribution in [0.2, 0.25) is 0 Å². The van der Waals surface area contributed by atoms with E-state index in [2.05, 4.69) is 16.2 Å². The molecule has 19 heavy (non-hydrogen) atoms. The van der Waals surface area contributed by atoms with Crippen LogP contribution < -0.4 is 20.9 Å². The molecule has 2 atom stereocenters. The van der Waals surface area contributed by atoms with Crippen molar-refractivity contribution in [2.45, 2.75) is 6.10 Å². The number of carbonyl (C=O) groups is 2. The van der Waals surface area contributed by atoms with Crippen molar-refractivity contribution in [3.8, 4) is 5.75 Å². The van der Waals surface area contributed by atoms with Gasteiger partial charge in [-0.3, -0.25) is 20.4 Å². The van der Waals surface area contributed by atoms with Gasteiger partial charge in [-0.15, -0.1) is 0 Å². The normalized spacial score (nSPS) is 21.7. The summed E-state index contributed by atoms with van der Waals surface area (Å²) < 4.78 is 5.00. The fourth-order valence-electron chi connectivity index (χ4n) is 1.79. The molecule has 7 heteroatoms. The van der Waals surface area contributed by atoms with Gasteiger partial charge in [0.1, 0.15) is 11.7 Å². The molecule has 2 unspecified atom stereocenters. The molecular weight excluding hydrogens is 250 g/mol. The van der Waals surface area contributed by atoms with Gasteiger partial charge in [0.2, 0.25) is 5.91 Å². The number of hydrogen-bond donors (Lipinski definition) is 4. The van der Waals surface area contributed by atoms with Crippen LogP contribution >= 0.6 is 0 Å². The molecule has 0 aliphatic carbocycles. The van der Waals surface area contributed by atoms with Gasteiger partial charge in [0, 0.05) is 6.54 Å². The topological polar surface area (TPSA) is 99.7 Å². The molecule has 2 amide bonds. The van der Waals surface area contributed by atoms with E-state index >= 15 is 0 Å². The van der Waals surface area contributed by atoms with Gasteiger partial charge in [0.05, 0.1) is 18.9 Å². The molecular formula is C12H15N3O4. The number of anilines is 1. The average molecular weight is 265 g/mol. The Kier molecular flexibility index (Phi) is 3.86. The van der Waals surface area contributed by atoms with Crippen LogP contribution in [0.5, 0.6) is 5.75 Å². The molecule has 7 nitrogen and oxygen atoms in total. The molecule has 0 spiro atoms. The molecule has 0 radical (unpaired) electrons. The lowest BCUT2D eigenvalue weighted by Gasteiger charge is -2.13. The van der Waals surface area contributed by atoms with Gasteiger partial charge < -0.3 is 15.2 Å². The Morgan fingerprint density at radius 3 is 2.63 bits per heavy atom. The van der Waals surface area contributed by atoms with Gasteiger partial charge >= 0.3 is 0 Å². The minimum absolute atomic E-state index is 0.0967. The monoisotopic (exact) mass is 265 g/mol. The van der Waals surface area contributed by atoms with Crippen molar-refractivity contribution in [2.24, 2.45) is 5.92 Å².